The number of phenolic OH excluding ortho intramolecular Hbond substituents is 1. The zero-order chi connectivity index (χ0) is 37.3. The molecule has 2 N–H and O–H groups in total. The van der Waals surface area contributed by atoms with Crippen molar-refractivity contribution in [1.82, 2.24) is 34.1 Å². The smallest absolute Gasteiger partial charge is 0.337 e. The van der Waals surface area contributed by atoms with Gasteiger partial charge in [-0.25, -0.2) is 18.7 Å². The zero-order valence-corrected chi connectivity index (χ0v) is 29.8. The first-order valence-corrected chi connectivity index (χ1v) is 18.2. The van der Waals surface area contributed by atoms with Crippen molar-refractivity contribution in [3.8, 4) is 33.8 Å². The van der Waals surface area contributed by atoms with E-state index < -0.39 is 23.1 Å². The Labute approximate surface area is 310 Å². The fraction of sp³-hybridized carbons (Fsp3) is 0.293. The van der Waals surface area contributed by atoms with Crippen LogP contribution in [0.15, 0.2) is 101 Å². The number of carbonyl (C=O) groups excluding carboxylic acids is 1. The quantitative estimate of drug-likeness (QED) is 0.218. The second-order valence-corrected chi connectivity index (χ2v) is 14.0. The van der Waals surface area contributed by atoms with E-state index in [0.717, 1.165) is 47.6 Å². The minimum absolute atomic E-state index is 0.00177. The summed E-state index contributed by atoms with van der Waals surface area (Å²) in [7, 11) is 1.78. The van der Waals surface area contributed by atoms with Crippen LogP contribution in [-0.2, 0) is 18.3 Å². The molecule has 1 saturated carbocycles. The maximum Gasteiger partial charge on any atom is 0.337 e. The lowest BCUT2D eigenvalue weighted by Gasteiger charge is -2.30. The number of benzene rings is 3. The van der Waals surface area contributed by atoms with Crippen molar-refractivity contribution in [3.05, 3.63) is 129 Å². The van der Waals surface area contributed by atoms with Gasteiger partial charge in [0.2, 0.25) is 0 Å². The van der Waals surface area contributed by atoms with Crippen LogP contribution < -0.4 is 16.6 Å². The Balaban J connectivity index is 1.09. The van der Waals surface area contributed by atoms with Crippen LogP contribution in [0.25, 0.3) is 39.1 Å². The molecule has 6 aromatic rings. The molecule has 276 valence electrons. The number of hydrogen-bond donors (Lipinski definition) is 2. The molecule has 3 aromatic carbocycles. The van der Waals surface area contributed by atoms with E-state index in [1.165, 1.54) is 9.13 Å². The molecule has 1 saturated heterocycles. The number of ether oxygens (including phenoxy) is 1. The molecule has 3 aromatic heterocycles. The summed E-state index contributed by atoms with van der Waals surface area (Å²) in [6, 6.07) is 22.6. The molecular weight excluding hydrogens is 689 g/mol. The monoisotopic (exact) mass is 729 g/mol. The largest absolute Gasteiger partial charge is 0.508 e. The van der Waals surface area contributed by atoms with Gasteiger partial charge in [0, 0.05) is 50.5 Å². The van der Waals surface area contributed by atoms with E-state index in [9.17, 15) is 23.9 Å². The molecule has 1 amide bonds. The molecule has 12 nitrogen and oxygen atoms in total. The first-order chi connectivity index (χ1) is 26.2. The number of rotatable bonds is 8. The van der Waals surface area contributed by atoms with Crippen LogP contribution in [0.2, 0.25) is 0 Å². The van der Waals surface area contributed by atoms with Gasteiger partial charge in [-0.3, -0.25) is 23.7 Å². The average Bonchev–Trinajstić information content (AvgIpc) is 3.58. The highest BCUT2D eigenvalue weighted by Gasteiger charge is 2.29. The van der Waals surface area contributed by atoms with Crippen molar-refractivity contribution >= 4 is 16.9 Å². The second kappa shape index (κ2) is 14.8. The lowest BCUT2D eigenvalue weighted by atomic mass is 9.90. The number of morpholine rings is 1. The molecule has 0 spiro atoms. The van der Waals surface area contributed by atoms with E-state index in [-0.39, 0.29) is 28.7 Å². The van der Waals surface area contributed by atoms with Crippen molar-refractivity contribution in [1.29, 1.82) is 0 Å². The Morgan fingerprint density at radius 1 is 0.944 bits per heavy atom. The number of hydrogen-bond acceptors (Lipinski definition) is 8. The minimum Gasteiger partial charge on any atom is -0.508 e. The van der Waals surface area contributed by atoms with Gasteiger partial charge in [0.25, 0.3) is 11.5 Å². The number of nitrogens with one attached hydrogen (secondary N) is 1. The van der Waals surface area contributed by atoms with Gasteiger partial charge in [-0.1, -0.05) is 48.5 Å². The fourth-order valence-electron chi connectivity index (χ4n) is 7.75. The summed E-state index contributed by atoms with van der Waals surface area (Å²) in [6.07, 6.45) is 4.67. The van der Waals surface area contributed by atoms with Gasteiger partial charge in [0.15, 0.2) is 5.65 Å². The van der Waals surface area contributed by atoms with Gasteiger partial charge in [0.1, 0.15) is 17.3 Å². The average molecular weight is 730 g/mol. The molecule has 0 unspecified atom stereocenters. The number of carbonyl (C=O) groups is 1. The van der Waals surface area contributed by atoms with Crippen LogP contribution in [0.3, 0.4) is 0 Å². The number of nitrogens with zero attached hydrogens (tertiary/aromatic N) is 6. The van der Waals surface area contributed by atoms with E-state index in [4.69, 9.17) is 4.74 Å². The van der Waals surface area contributed by atoms with E-state index >= 15 is 0 Å². The standard InChI is InChI=1S/C41H40FN7O5/c1-46-25-36(37(45-46)26-6-3-2-4-7-26)39(51)44-30-10-12-31(13-11-30)49-40(52)35-22-29(42)23-43-38(35)48(41(49)53)32-9-5-8-27(20-32)34-15-14-33(50)21-28(34)24-47-16-18-54-19-17-47/h2-9,14-15,20-23,25,30-31,50H,10-13,16-19,24H2,1H3,(H,44,51). The molecule has 0 radical (unpaired) electrons. The summed E-state index contributed by atoms with van der Waals surface area (Å²) >= 11 is 0. The summed E-state index contributed by atoms with van der Waals surface area (Å²) in [6.45, 7) is 3.43. The van der Waals surface area contributed by atoms with Crippen LogP contribution >= 0.6 is 0 Å². The van der Waals surface area contributed by atoms with Crippen molar-refractivity contribution in [3.63, 3.8) is 0 Å². The Kier molecular flexibility index (Phi) is 9.65. The Bertz CT molecular complexity index is 2460. The van der Waals surface area contributed by atoms with E-state index in [0.29, 0.717) is 62.4 Å². The van der Waals surface area contributed by atoms with Crippen LogP contribution in [0.4, 0.5) is 4.39 Å². The van der Waals surface area contributed by atoms with Crippen LogP contribution in [-0.4, -0.2) is 72.2 Å². The van der Waals surface area contributed by atoms with Crippen LogP contribution in [0.1, 0.15) is 47.6 Å². The third-order valence-electron chi connectivity index (χ3n) is 10.4. The summed E-state index contributed by atoms with van der Waals surface area (Å²) in [4.78, 5) is 48.5. The number of phenols is 1. The Morgan fingerprint density at radius 3 is 2.48 bits per heavy atom. The maximum absolute atomic E-state index is 14.7. The highest BCUT2D eigenvalue weighted by atomic mass is 19.1. The van der Waals surface area contributed by atoms with Gasteiger partial charge in [-0.2, -0.15) is 5.10 Å². The van der Waals surface area contributed by atoms with E-state index in [1.807, 2.05) is 54.6 Å². The molecule has 2 fully saturated rings. The Morgan fingerprint density at radius 2 is 1.70 bits per heavy atom. The number of aryl methyl sites for hydroxylation is 1. The lowest BCUT2D eigenvalue weighted by Crippen LogP contribution is -2.45. The molecule has 2 aliphatic rings. The SMILES string of the molecule is Cn1cc(C(=O)NC2CCC(n3c(=O)c4cc(F)cnc4n(-c4cccc(-c5ccc(O)cc5CN5CCOCC5)c4)c3=O)CC2)c(-c2ccccc2)n1. The Hall–Kier alpha value is -5.92. The summed E-state index contributed by atoms with van der Waals surface area (Å²) in [5, 5.41) is 18.0. The van der Waals surface area contributed by atoms with Crippen LogP contribution in [0, 0.1) is 5.82 Å². The molecule has 4 heterocycles. The predicted octanol–water partition coefficient (Wildman–Crippen LogP) is 5.21. The van der Waals surface area contributed by atoms with Crippen LogP contribution in [0.5, 0.6) is 5.75 Å². The first kappa shape index (κ1) is 35.1. The molecule has 0 atom stereocenters. The number of aromatic nitrogens is 5. The highest BCUT2D eigenvalue weighted by Crippen LogP contribution is 2.32. The zero-order valence-electron chi connectivity index (χ0n) is 29.8. The number of amides is 1. The molecule has 13 heteroatoms. The van der Waals surface area contributed by atoms with Gasteiger partial charge in [0.05, 0.1) is 36.0 Å². The third kappa shape index (κ3) is 6.95. The molecule has 1 aliphatic heterocycles. The second-order valence-electron chi connectivity index (χ2n) is 14.0. The van der Waals surface area contributed by atoms with E-state index in [1.54, 1.807) is 36.1 Å². The normalized spacial score (nSPS) is 17.8. The first-order valence-electron chi connectivity index (χ1n) is 18.2. The molecule has 54 heavy (non-hydrogen) atoms. The van der Waals surface area contributed by atoms with Crippen molar-refractivity contribution in [2.45, 2.75) is 44.3 Å². The number of fused-ring (bicyclic) bond motifs is 1. The van der Waals surface area contributed by atoms with Gasteiger partial charge >= 0.3 is 5.69 Å². The third-order valence-corrected chi connectivity index (χ3v) is 10.4. The number of pyridine rings is 1. The van der Waals surface area contributed by atoms with Crippen molar-refractivity contribution in [2.75, 3.05) is 26.3 Å². The molecule has 1 aliphatic carbocycles. The van der Waals surface area contributed by atoms with Crippen molar-refractivity contribution in [2.24, 2.45) is 7.05 Å². The summed E-state index contributed by atoms with van der Waals surface area (Å²) < 4.78 is 24.4. The van der Waals surface area contributed by atoms with Gasteiger partial charge in [-0.15, -0.1) is 0 Å². The summed E-state index contributed by atoms with van der Waals surface area (Å²) in [5.41, 5.74) is 3.86. The van der Waals surface area contributed by atoms with E-state index in [2.05, 4.69) is 20.3 Å². The number of aromatic hydroxyl groups is 1. The molecular formula is C41H40FN7O5. The van der Waals surface area contributed by atoms with Crippen molar-refractivity contribution < 1.29 is 19.0 Å². The highest BCUT2D eigenvalue weighted by molar-refractivity contribution is 6.00. The summed E-state index contributed by atoms with van der Waals surface area (Å²) in [5.74, 6) is -0.764. The van der Waals surface area contributed by atoms with Gasteiger partial charge in [-0.05, 0) is 72.7 Å². The predicted molar refractivity (Wildman–Crippen MR) is 202 cm³/mol. The fourth-order valence-corrected chi connectivity index (χ4v) is 7.75. The topological polar surface area (TPSA) is 137 Å². The van der Waals surface area contributed by atoms with Gasteiger partial charge < -0.3 is 15.2 Å². The number of halogens is 1. The minimum atomic E-state index is -0.682. The maximum atomic E-state index is 14.7. The lowest BCUT2D eigenvalue weighted by molar-refractivity contribution is 0.0342. The molecule has 8 rings (SSSR count). The molecule has 0 bridgehead atoms.